The smallest absolute Gasteiger partial charge is 0.191 e. The first-order valence-corrected chi connectivity index (χ1v) is 7.95. The molecule has 6 heteroatoms. The lowest BCUT2D eigenvalue weighted by Gasteiger charge is -2.12. The van der Waals surface area contributed by atoms with Crippen molar-refractivity contribution >= 4 is 29.9 Å². The van der Waals surface area contributed by atoms with Gasteiger partial charge in [0.2, 0.25) is 0 Å². The number of nitrogens with zero attached hydrogens (tertiary/aromatic N) is 1. The highest BCUT2D eigenvalue weighted by atomic mass is 127. The molecule has 0 aliphatic heterocycles. The first-order chi connectivity index (χ1) is 10.8. The molecule has 0 heterocycles. The molecule has 0 aromatic heterocycles. The van der Waals surface area contributed by atoms with Crippen LogP contribution in [0.5, 0.6) is 5.75 Å². The standard InChI is InChI=1S/C17H29N3O2.HI/c1-4-5-13-22-14-12-20-17(18-2)19-11-10-15-6-8-16(21-3)9-7-15;/h6-9H,4-5,10-14H2,1-3H3,(H2,18,19,20);1H. The van der Waals surface area contributed by atoms with Gasteiger partial charge in [0.1, 0.15) is 5.75 Å². The largest absolute Gasteiger partial charge is 0.497 e. The van der Waals surface area contributed by atoms with Crippen molar-refractivity contribution in [3.05, 3.63) is 29.8 Å². The zero-order chi connectivity index (χ0) is 16.0. The Labute approximate surface area is 157 Å². The highest BCUT2D eigenvalue weighted by molar-refractivity contribution is 14.0. The molecule has 1 aromatic carbocycles. The number of aliphatic imine (C=N–C) groups is 1. The fourth-order valence-corrected chi connectivity index (χ4v) is 1.93. The van der Waals surface area contributed by atoms with Crippen molar-refractivity contribution in [2.75, 3.05) is 40.5 Å². The molecular formula is C17H30IN3O2. The molecule has 0 atom stereocenters. The second-order valence-corrected chi connectivity index (χ2v) is 4.99. The van der Waals surface area contributed by atoms with Gasteiger partial charge in [-0.05, 0) is 30.5 Å². The van der Waals surface area contributed by atoms with Gasteiger partial charge in [0, 0.05) is 26.7 Å². The van der Waals surface area contributed by atoms with Crippen LogP contribution in [0.2, 0.25) is 0 Å². The Morgan fingerprint density at radius 3 is 2.39 bits per heavy atom. The van der Waals surface area contributed by atoms with Crippen molar-refractivity contribution in [3.8, 4) is 5.75 Å². The van der Waals surface area contributed by atoms with Crippen molar-refractivity contribution in [1.82, 2.24) is 10.6 Å². The zero-order valence-corrected chi connectivity index (χ0v) is 16.8. The zero-order valence-electron chi connectivity index (χ0n) is 14.4. The van der Waals surface area contributed by atoms with E-state index in [4.69, 9.17) is 9.47 Å². The Morgan fingerprint density at radius 2 is 1.78 bits per heavy atom. The number of guanidine groups is 1. The molecule has 1 aromatic rings. The number of methoxy groups -OCH3 is 1. The van der Waals surface area contributed by atoms with Crippen LogP contribution in [-0.4, -0.2) is 46.4 Å². The van der Waals surface area contributed by atoms with Crippen molar-refractivity contribution in [3.63, 3.8) is 0 Å². The number of rotatable bonds is 10. The van der Waals surface area contributed by atoms with Gasteiger partial charge >= 0.3 is 0 Å². The van der Waals surface area contributed by atoms with E-state index >= 15 is 0 Å². The fourth-order valence-electron chi connectivity index (χ4n) is 1.93. The van der Waals surface area contributed by atoms with Crippen molar-refractivity contribution < 1.29 is 9.47 Å². The maximum absolute atomic E-state index is 5.51. The SMILES string of the molecule is CCCCOCCNC(=NC)NCCc1ccc(OC)cc1.I. The van der Waals surface area contributed by atoms with Crippen LogP contribution in [0.1, 0.15) is 25.3 Å². The molecule has 0 aliphatic rings. The molecule has 1 rings (SSSR count). The summed E-state index contributed by atoms with van der Waals surface area (Å²) in [5.74, 6) is 1.70. The van der Waals surface area contributed by atoms with Gasteiger partial charge in [-0.25, -0.2) is 0 Å². The average Bonchev–Trinajstić information content (AvgIpc) is 2.57. The number of hydrogen-bond donors (Lipinski definition) is 2. The van der Waals surface area contributed by atoms with E-state index in [0.717, 1.165) is 44.2 Å². The maximum Gasteiger partial charge on any atom is 0.191 e. The monoisotopic (exact) mass is 435 g/mol. The van der Waals surface area contributed by atoms with E-state index in [1.165, 1.54) is 12.0 Å². The molecule has 0 saturated heterocycles. The molecule has 0 amide bonds. The average molecular weight is 435 g/mol. The minimum Gasteiger partial charge on any atom is -0.497 e. The van der Waals surface area contributed by atoms with Crippen LogP contribution in [0.4, 0.5) is 0 Å². The summed E-state index contributed by atoms with van der Waals surface area (Å²) in [7, 11) is 3.46. The number of halogens is 1. The fraction of sp³-hybridized carbons (Fsp3) is 0.588. The van der Waals surface area contributed by atoms with Gasteiger partial charge in [-0.1, -0.05) is 25.5 Å². The van der Waals surface area contributed by atoms with Crippen LogP contribution in [-0.2, 0) is 11.2 Å². The molecule has 0 spiro atoms. The molecule has 0 radical (unpaired) electrons. The summed E-state index contributed by atoms with van der Waals surface area (Å²) >= 11 is 0. The van der Waals surface area contributed by atoms with E-state index in [1.54, 1.807) is 14.2 Å². The normalized spacial score (nSPS) is 10.8. The van der Waals surface area contributed by atoms with Gasteiger partial charge in [0.25, 0.3) is 0 Å². The maximum atomic E-state index is 5.51. The molecule has 23 heavy (non-hydrogen) atoms. The number of benzene rings is 1. The Bertz CT molecular complexity index is 424. The first kappa shape index (κ1) is 22.0. The summed E-state index contributed by atoms with van der Waals surface area (Å²) < 4.78 is 10.7. The van der Waals surface area contributed by atoms with Crippen LogP contribution >= 0.6 is 24.0 Å². The van der Waals surface area contributed by atoms with E-state index in [0.29, 0.717) is 6.61 Å². The third kappa shape index (κ3) is 10.4. The first-order valence-electron chi connectivity index (χ1n) is 7.95. The number of hydrogen-bond acceptors (Lipinski definition) is 3. The van der Waals surface area contributed by atoms with Crippen LogP contribution in [0.3, 0.4) is 0 Å². The Kier molecular flexibility index (Phi) is 13.9. The lowest BCUT2D eigenvalue weighted by Crippen LogP contribution is -2.39. The summed E-state index contributed by atoms with van der Waals surface area (Å²) in [6, 6.07) is 8.13. The van der Waals surface area contributed by atoms with E-state index < -0.39 is 0 Å². The topological polar surface area (TPSA) is 54.9 Å². The number of unbranched alkanes of at least 4 members (excludes halogenated alkanes) is 1. The van der Waals surface area contributed by atoms with Gasteiger partial charge in [0.15, 0.2) is 5.96 Å². The highest BCUT2D eigenvalue weighted by Crippen LogP contribution is 2.11. The van der Waals surface area contributed by atoms with Crippen molar-refractivity contribution in [1.29, 1.82) is 0 Å². The number of ether oxygens (including phenoxy) is 2. The van der Waals surface area contributed by atoms with Crippen LogP contribution in [0.15, 0.2) is 29.3 Å². The summed E-state index contributed by atoms with van der Waals surface area (Å²) in [5, 5.41) is 6.55. The van der Waals surface area contributed by atoms with E-state index in [1.807, 2.05) is 12.1 Å². The van der Waals surface area contributed by atoms with E-state index in [9.17, 15) is 0 Å². The predicted molar refractivity (Wildman–Crippen MR) is 107 cm³/mol. The van der Waals surface area contributed by atoms with Gasteiger partial charge in [0.05, 0.1) is 13.7 Å². The Hall–Kier alpha value is -1.02. The van der Waals surface area contributed by atoms with Crippen LogP contribution in [0, 0.1) is 0 Å². The molecular weight excluding hydrogens is 405 g/mol. The van der Waals surface area contributed by atoms with Crippen molar-refractivity contribution in [2.45, 2.75) is 26.2 Å². The summed E-state index contributed by atoms with van der Waals surface area (Å²) in [6.45, 7) is 5.31. The molecule has 0 saturated carbocycles. The minimum atomic E-state index is 0. The second kappa shape index (κ2) is 14.6. The molecule has 0 unspecified atom stereocenters. The third-order valence-electron chi connectivity index (χ3n) is 3.27. The summed E-state index contributed by atoms with van der Waals surface area (Å²) in [5.41, 5.74) is 1.27. The predicted octanol–water partition coefficient (Wildman–Crippen LogP) is 2.84. The number of nitrogens with one attached hydrogen (secondary N) is 2. The summed E-state index contributed by atoms with van der Waals surface area (Å²) in [6.07, 6.45) is 3.23. The third-order valence-corrected chi connectivity index (χ3v) is 3.27. The lowest BCUT2D eigenvalue weighted by molar-refractivity contribution is 0.136. The molecule has 5 nitrogen and oxygen atoms in total. The molecule has 0 fully saturated rings. The molecule has 2 N–H and O–H groups in total. The quantitative estimate of drug-likeness (QED) is 0.257. The van der Waals surface area contributed by atoms with Gasteiger partial charge < -0.3 is 20.1 Å². The van der Waals surface area contributed by atoms with E-state index in [-0.39, 0.29) is 24.0 Å². The van der Waals surface area contributed by atoms with Crippen LogP contribution < -0.4 is 15.4 Å². The molecule has 0 aliphatic carbocycles. The van der Waals surface area contributed by atoms with Crippen molar-refractivity contribution in [2.24, 2.45) is 4.99 Å². The summed E-state index contributed by atoms with van der Waals surface area (Å²) in [4.78, 5) is 4.20. The van der Waals surface area contributed by atoms with Gasteiger partial charge in [-0.3, -0.25) is 4.99 Å². The second-order valence-electron chi connectivity index (χ2n) is 4.99. The minimum absolute atomic E-state index is 0. The Morgan fingerprint density at radius 1 is 1.09 bits per heavy atom. The highest BCUT2D eigenvalue weighted by Gasteiger charge is 1.98. The van der Waals surface area contributed by atoms with Gasteiger partial charge in [-0.2, -0.15) is 0 Å². The molecule has 0 bridgehead atoms. The lowest BCUT2D eigenvalue weighted by atomic mass is 10.1. The Balaban J connectivity index is 0.00000484. The van der Waals surface area contributed by atoms with Gasteiger partial charge in [-0.15, -0.1) is 24.0 Å². The van der Waals surface area contributed by atoms with Crippen LogP contribution in [0.25, 0.3) is 0 Å². The van der Waals surface area contributed by atoms with E-state index in [2.05, 4.69) is 34.7 Å². The molecule has 132 valence electrons.